The van der Waals surface area contributed by atoms with E-state index in [1.807, 2.05) is 30.5 Å². The zero-order chi connectivity index (χ0) is 13.5. The Morgan fingerprint density at radius 1 is 1.32 bits per heavy atom. The summed E-state index contributed by atoms with van der Waals surface area (Å²) >= 11 is 0. The fourth-order valence-corrected chi connectivity index (χ4v) is 2.09. The molecule has 0 saturated carbocycles. The highest BCUT2D eigenvalue weighted by Gasteiger charge is 2.07. The van der Waals surface area contributed by atoms with E-state index in [4.69, 9.17) is 6.42 Å². The lowest BCUT2D eigenvalue weighted by Gasteiger charge is -2.03. The third-order valence-corrected chi connectivity index (χ3v) is 3.10. The summed E-state index contributed by atoms with van der Waals surface area (Å²) in [7, 11) is 0. The number of H-pyrrole nitrogens is 1. The highest BCUT2D eigenvalue weighted by molar-refractivity contribution is 5.88. The molecule has 0 bridgehead atoms. The van der Waals surface area contributed by atoms with Crippen molar-refractivity contribution in [1.82, 2.24) is 10.3 Å². The van der Waals surface area contributed by atoms with E-state index in [0.717, 1.165) is 35.7 Å². The average molecular weight is 254 g/mol. The molecule has 0 aliphatic carbocycles. The molecule has 0 atom stereocenters. The van der Waals surface area contributed by atoms with E-state index in [0.29, 0.717) is 13.0 Å². The Morgan fingerprint density at radius 3 is 3.00 bits per heavy atom. The highest BCUT2D eigenvalue weighted by atomic mass is 16.1. The van der Waals surface area contributed by atoms with Gasteiger partial charge in [-0.05, 0) is 24.5 Å². The maximum atomic E-state index is 11.8. The fourth-order valence-electron chi connectivity index (χ4n) is 2.09. The first-order chi connectivity index (χ1) is 9.31. The lowest BCUT2D eigenvalue weighted by atomic mass is 10.1. The van der Waals surface area contributed by atoms with Crippen LogP contribution in [0.1, 0.15) is 24.8 Å². The standard InChI is InChI=1S/C16H18N2O/c1-2-3-4-7-10-17-16(19)11-13-12-18-15-9-6-5-8-14(13)15/h1,5-6,8-9,12,18H,3-4,7,10-11H2,(H,17,19). The first kappa shape index (κ1) is 13.2. The summed E-state index contributed by atoms with van der Waals surface area (Å²) in [5, 5.41) is 4.04. The summed E-state index contributed by atoms with van der Waals surface area (Å²) in [6, 6.07) is 8.00. The number of para-hydroxylation sites is 1. The van der Waals surface area contributed by atoms with Crippen molar-refractivity contribution in [2.75, 3.05) is 6.54 Å². The van der Waals surface area contributed by atoms with Gasteiger partial charge in [-0.25, -0.2) is 0 Å². The zero-order valence-corrected chi connectivity index (χ0v) is 10.9. The summed E-state index contributed by atoms with van der Waals surface area (Å²) < 4.78 is 0. The van der Waals surface area contributed by atoms with E-state index < -0.39 is 0 Å². The van der Waals surface area contributed by atoms with E-state index in [1.165, 1.54) is 0 Å². The number of benzene rings is 1. The third-order valence-electron chi connectivity index (χ3n) is 3.10. The number of carbonyl (C=O) groups is 1. The molecule has 0 radical (unpaired) electrons. The smallest absolute Gasteiger partial charge is 0.224 e. The molecule has 3 heteroatoms. The molecule has 2 rings (SSSR count). The first-order valence-electron chi connectivity index (χ1n) is 6.56. The predicted octanol–water partition coefficient (Wildman–Crippen LogP) is 2.63. The number of carbonyl (C=O) groups excluding carboxylic acids is 1. The molecular formula is C16H18N2O. The van der Waals surface area contributed by atoms with Crippen LogP contribution in [0.2, 0.25) is 0 Å². The van der Waals surface area contributed by atoms with Crippen LogP contribution in [0.15, 0.2) is 30.5 Å². The molecule has 0 fully saturated rings. The van der Waals surface area contributed by atoms with E-state index in [2.05, 4.69) is 16.2 Å². The monoisotopic (exact) mass is 254 g/mol. The van der Waals surface area contributed by atoms with Gasteiger partial charge in [-0.3, -0.25) is 4.79 Å². The SMILES string of the molecule is C#CCCCCNC(=O)Cc1c[nH]c2ccccc12. The lowest BCUT2D eigenvalue weighted by Crippen LogP contribution is -2.25. The molecule has 1 heterocycles. The Balaban J connectivity index is 1.84. The molecule has 0 saturated heterocycles. The number of hydrogen-bond donors (Lipinski definition) is 2. The van der Waals surface area contributed by atoms with Gasteiger partial charge in [-0.15, -0.1) is 12.3 Å². The fraction of sp³-hybridized carbons (Fsp3) is 0.312. The Morgan fingerprint density at radius 2 is 2.16 bits per heavy atom. The van der Waals surface area contributed by atoms with Crippen molar-refractivity contribution in [3.05, 3.63) is 36.0 Å². The topological polar surface area (TPSA) is 44.9 Å². The van der Waals surface area contributed by atoms with Crippen LogP contribution in [0.3, 0.4) is 0 Å². The van der Waals surface area contributed by atoms with Crippen molar-refractivity contribution < 1.29 is 4.79 Å². The van der Waals surface area contributed by atoms with Gasteiger partial charge >= 0.3 is 0 Å². The maximum absolute atomic E-state index is 11.8. The van der Waals surface area contributed by atoms with Gasteiger partial charge in [-0.2, -0.15) is 0 Å². The Labute approximate surface area is 113 Å². The summed E-state index contributed by atoms with van der Waals surface area (Å²) in [6.45, 7) is 0.697. The second-order valence-corrected chi connectivity index (χ2v) is 4.55. The minimum absolute atomic E-state index is 0.0606. The van der Waals surface area contributed by atoms with Crippen molar-refractivity contribution in [1.29, 1.82) is 0 Å². The number of unbranched alkanes of at least 4 members (excludes halogenated alkanes) is 2. The molecule has 1 amide bonds. The molecule has 2 N–H and O–H groups in total. The summed E-state index contributed by atoms with van der Waals surface area (Å²) in [6.07, 6.45) is 10.2. The first-order valence-corrected chi connectivity index (χ1v) is 6.56. The summed E-state index contributed by atoms with van der Waals surface area (Å²) in [5.41, 5.74) is 2.11. The largest absolute Gasteiger partial charge is 0.361 e. The predicted molar refractivity (Wildman–Crippen MR) is 77.7 cm³/mol. The molecule has 0 spiro atoms. The summed E-state index contributed by atoms with van der Waals surface area (Å²) in [5.74, 6) is 2.66. The molecular weight excluding hydrogens is 236 g/mol. The third kappa shape index (κ3) is 3.62. The number of fused-ring (bicyclic) bond motifs is 1. The molecule has 3 nitrogen and oxygen atoms in total. The van der Waals surface area contributed by atoms with Gasteiger partial charge in [0.2, 0.25) is 5.91 Å². The van der Waals surface area contributed by atoms with Crippen LogP contribution in [-0.2, 0) is 11.2 Å². The molecule has 98 valence electrons. The molecule has 1 aromatic heterocycles. The molecule has 2 aromatic rings. The van der Waals surface area contributed by atoms with Crippen LogP contribution in [0.5, 0.6) is 0 Å². The van der Waals surface area contributed by atoms with Crippen LogP contribution >= 0.6 is 0 Å². The van der Waals surface area contributed by atoms with Gasteiger partial charge in [0.15, 0.2) is 0 Å². The van der Waals surface area contributed by atoms with Crippen molar-refractivity contribution in [2.45, 2.75) is 25.7 Å². The normalized spacial score (nSPS) is 10.3. The van der Waals surface area contributed by atoms with Crippen LogP contribution < -0.4 is 5.32 Å². The Bertz CT molecular complexity index is 592. The van der Waals surface area contributed by atoms with Gasteiger partial charge in [0, 0.05) is 30.1 Å². The number of aromatic nitrogens is 1. The van der Waals surface area contributed by atoms with E-state index in [9.17, 15) is 4.79 Å². The quantitative estimate of drug-likeness (QED) is 0.604. The molecule has 0 unspecified atom stereocenters. The minimum Gasteiger partial charge on any atom is -0.361 e. The van der Waals surface area contributed by atoms with Crippen molar-refractivity contribution >= 4 is 16.8 Å². The van der Waals surface area contributed by atoms with Gasteiger partial charge in [0.05, 0.1) is 6.42 Å². The second kappa shape index (κ2) is 6.65. The number of terminal acetylenes is 1. The molecule has 19 heavy (non-hydrogen) atoms. The Hall–Kier alpha value is -2.21. The Kier molecular flexibility index (Phi) is 4.63. The summed E-state index contributed by atoms with van der Waals surface area (Å²) in [4.78, 5) is 15.0. The van der Waals surface area contributed by atoms with E-state index >= 15 is 0 Å². The zero-order valence-electron chi connectivity index (χ0n) is 10.9. The van der Waals surface area contributed by atoms with Crippen LogP contribution in [0.4, 0.5) is 0 Å². The highest BCUT2D eigenvalue weighted by Crippen LogP contribution is 2.17. The molecule has 0 aliphatic heterocycles. The van der Waals surface area contributed by atoms with E-state index in [-0.39, 0.29) is 5.91 Å². The van der Waals surface area contributed by atoms with E-state index in [1.54, 1.807) is 0 Å². The molecule has 0 aliphatic rings. The van der Waals surface area contributed by atoms with Gasteiger partial charge < -0.3 is 10.3 Å². The van der Waals surface area contributed by atoms with Gasteiger partial charge in [0.25, 0.3) is 0 Å². The average Bonchev–Trinajstić information content (AvgIpc) is 2.82. The maximum Gasteiger partial charge on any atom is 0.224 e. The number of nitrogens with one attached hydrogen (secondary N) is 2. The van der Waals surface area contributed by atoms with Crippen LogP contribution in [0, 0.1) is 12.3 Å². The number of aromatic amines is 1. The van der Waals surface area contributed by atoms with Crippen molar-refractivity contribution in [3.8, 4) is 12.3 Å². The lowest BCUT2D eigenvalue weighted by molar-refractivity contribution is -0.120. The van der Waals surface area contributed by atoms with Crippen LogP contribution in [-0.4, -0.2) is 17.4 Å². The van der Waals surface area contributed by atoms with Crippen LogP contribution in [0.25, 0.3) is 10.9 Å². The number of hydrogen-bond acceptors (Lipinski definition) is 1. The number of amides is 1. The van der Waals surface area contributed by atoms with Gasteiger partial charge in [-0.1, -0.05) is 18.2 Å². The van der Waals surface area contributed by atoms with Crippen molar-refractivity contribution in [2.24, 2.45) is 0 Å². The second-order valence-electron chi connectivity index (χ2n) is 4.55. The van der Waals surface area contributed by atoms with Crippen molar-refractivity contribution in [3.63, 3.8) is 0 Å². The minimum atomic E-state index is 0.0606. The number of rotatable bonds is 6. The molecule has 1 aromatic carbocycles. The van der Waals surface area contributed by atoms with Gasteiger partial charge in [0.1, 0.15) is 0 Å².